The largest absolute Gasteiger partial charge is 0.334 e. The molecule has 2 amide bonds. The highest BCUT2D eigenvalue weighted by Crippen LogP contribution is 2.29. The van der Waals surface area contributed by atoms with E-state index in [-0.39, 0.29) is 18.4 Å². The topological polar surface area (TPSA) is 86.1 Å². The Morgan fingerprint density at radius 1 is 1.48 bits per heavy atom. The highest BCUT2D eigenvalue weighted by Gasteiger charge is 2.35. The van der Waals surface area contributed by atoms with Crippen molar-refractivity contribution in [2.45, 2.75) is 38.6 Å². The highest BCUT2D eigenvalue weighted by atomic mass is 16.2. The van der Waals surface area contributed by atoms with Crippen LogP contribution < -0.4 is 10.2 Å². The van der Waals surface area contributed by atoms with Crippen LogP contribution in [-0.2, 0) is 22.4 Å². The molecule has 1 aromatic rings. The van der Waals surface area contributed by atoms with Crippen LogP contribution in [0.1, 0.15) is 36.6 Å². The van der Waals surface area contributed by atoms with E-state index in [4.69, 9.17) is 0 Å². The molecule has 1 aliphatic heterocycles. The van der Waals surface area contributed by atoms with E-state index in [1.54, 1.807) is 4.90 Å². The summed E-state index contributed by atoms with van der Waals surface area (Å²) >= 11 is 0. The smallest absolute Gasteiger partial charge is 0.249 e. The minimum absolute atomic E-state index is 0.0602. The number of aryl methyl sites for hydroxylation is 2. The van der Waals surface area contributed by atoms with E-state index in [2.05, 4.69) is 16.4 Å². The Labute approximate surface area is 122 Å². The van der Waals surface area contributed by atoms with Crippen LogP contribution in [0, 0.1) is 11.3 Å². The van der Waals surface area contributed by atoms with Crippen molar-refractivity contribution in [3.8, 4) is 6.07 Å². The van der Waals surface area contributed by atoms with Gasteiger partial charge in [-0.15, -0.1) is 0 Å². The van der Waals surface area contributed by atoms with Crippen LogP contribution in [0.15, 0.2) is 6.07 Å². The molecule has 1 saturated heterocycles. The summed E-state index contributed by atoms with van der Waals surface area (Å²) in [4.78, 5) is 29.9. The second-order valence-electron chi connectivity index (χ2n) is 5.40. The number of carbonyl (C=O) groups is 2. The third-order valence-corrected chi connectivity index (χ3v) is 4.07. The molecule has 3 rings (SSSR count). The van der Waals surface area contributed by atoms with Crippen molar-refractivity contribution in [3.05, 3.63) is 22.9 Å². The third-order valence-electron chi connectivity index (χ3n) is 4.07. The van der Waals surface area contributed by atoms with E-state index in [0.717, 1.165) is 30.5 Å². The molecule has 2 heterocycles. The number of carbonyl (C=O) groups excluding carboxylic acids is 2. The predicted octanol–water partition coefficient (Wildman–Crippen LogP) is 0.683. The molecule has 108 valence electrons. The van der Waals surface area contributed by atoms with Gasteiger partial charge in [-0.3, -0.25) is 14.9 Å². The summed E-state index contributed by atoms with van der Waals surface area (Å²) < 4.78 is 0. The Balaban J connectivity index is 2.07. The number of hydrogen-bond acceptors (Lipinski definition) is 5. The van der Waals surface area contributed by atoms with E-state index >= 15 is 0 Å². The van der Waals surface area contributed by atoms with E-state index in [0.29, 0.717) is 17.8 Å². The maximum absolute atomic E-state index is 12.0. The molecule has 1 atom stereocenters. The van der Waals surface area contributed by atoms with Crippen LogP contribution in [-0.4, -0.2) is 29.4 Å². The molecule has 21 heavy (non-hydrogen) atoms. The van der Waals surface area contributed by atoms with Crippen molar-refractivity contribution in [2.75, 3.05) is 11.4 Å². The number of nitriles is 1. The number of rotatable bonds is 2. The van der Waals surface area contributed by atoms with Crippen LogP contribution in [0.2, 0.25) is 0 Å². The summed E-state index contributed by atoms with van der Waals surface area (Å²) in [5.74, 6) is -0.205. The van der Waals surface area contributed by atoms with Crippen molar-refractivity contribution < 1.29 is 9.59 Å². The lowest BCUT2D eigenvalue weighted by atomic mass is 10.1. The Bertz CT molecular complexity index is 662. The van der Waals surface area contributed by atoms with Gasteiger partial charge in [0.05, 0.1) is 12.1 Å². The number of piperazine rings is 1. The molecule has 0 radical (unpaired) electrons. The first-order valence-electron chi connectivity index (χ1n) is 7.17. The molecule has 6 nitrogen and oxygen atoms in total. The van der Waals surface area contributed by atoms with Gasteiger partial charge < -0.3 is 4.90 Å². The highest BCUT2D eigenvalue weighted by molar-refractivity contribution is 6.04. The summed E-state index contributed by atoms with van der Waals surface area (Å²) in [6.45, 7) is 1.94. The van der Waals surface area contributed by atoms with Gasteiger partial charge in [-0.2, -0.15) is 5.26 Å². The summed E-state index contributed by atoms with van der Waals surface area (Å²) in [7, 11) is 0. The molecule has 1 unspecified atom stereocenters. The number of pyridine rings is 1. The zero-order valence-electron chi connectivity index (χ0n) is 11.8. The zero-order chi connectivity index (χ0) is 15.0. The molecule has 1 aromatic heterocycles. The number of fused-ring (bicyclic) bond motifs is 1. The van der Waals surface area contributed by atoms with Gasteiger partial charge in [0.1, 0.15) is 17.9 Å². The fourth-order valence-corrected chi connectivity index (χ4v) is 3.06. The molecule has 2 aliphatic rings. The zero-order valence-corrected chi connectivity index (χ0v) is 11.8. The first-order valence-corrected chi connectivity index (χ1v) is 7.17. The maximum atomic E-state index is 12.0. The monoisotopic (exact) mass is 284 g/mol. The molecule has 1 fully saturated rings. The lowest BCUT2D eigenvalue weighted by Gasteiger charge is -2.34. The fraction of sp³-hybridized carbons (Fsp3) is 0.467. The Hall–Kier alpha value is -2.42. The number of nitrogens with one attached hydrogen (secondary N) is 1. The Morgan fingerprint density at radius 2 is 2.29 bits per heavy atom. The van der Waals surface area contributed by atoms with Crippen molar-refractivity contribution in [1.82, 2.24) is 10.3 Å². The van der Waals surface area contributed by atoms with E-state index < -0.39 is 6.04 Å². The van der Waals surface area contributed by atoms with Gasteiger partial charge in [-0.1, -0.05) is 6.92 Å². The lowest BCUT2D eigenvalue weighted by molar-refractivity contribution is -0.132. The molecule has 0 aromatic carbocycles. The lowest BCUT2D eigenvalue weighted by Crippen LogP contribution is -2.58. The van der Waals surface area contributed by atoms with Crippen LogP contribution >= 0.6 is 0 Å². The molecule has 0 spiro atoms. The molecule has 6 heteroatoms. The number of anilines is 1. The standard InChI is InChI=1S/C15H16N4O2/c1-2-12-15(21)18-13(20)8-19(12)14-10(7-16)6-9-4-3-5-11(9)17-14/h6,12H,2-5,8H2,1H3,(H,18,20,21). The van der Waals surface area contributed by atoms with Crippen LogP contribution in [0.25, 0.3) is 0 Å². The van der Waals surface area contributed by atoms with Gasteiger partial charge in [0, 0.05) is 5.69 Å². The average molecular weight is 284 g/mol. The maximum Gasteiger partial charge on any atom is 0.249 e. The third kappa shape index (κ3) is 2.25. The minimum Gasteiger partial charge on any atom is -0.334 e. The molecule has 0 saturated carbocycles. The summed E-state index contributed by atoms with van der Waals surface area (Å²) in [6, 6.07) is 3.55. The van der Waals surface area contributed by atoms with Gasteiger partial charge in [-0.25, -0.2) is 4.98 Å². The second kappa shape index (κ2) is 5.17. The summed E-state index contributed by atoms with van der Waals surface area (Å²) in [5.41, 5.74) is 2.53. The number of hydrogen-bond donors (Lipinski definition) is 1. The quantitative estimate of drug-likeness (QED) is 0.807. The molecular formula is C15H16N4O2. The van der Waals surface area contributed by atoms with E-state index in [1.807, 2.05) is 13.0 Å². The van der Waals surface area contributed by atoms with Crippen molar-refractivity contribution >= 4 is 17.6 Å². The molecular weight excluding hydrogens is 268 g/mol. The summed E-state index contributed by atoms with van der Waals surface area (Å²) in [6.07, 6.45) is 3.42. The molecule has 1 N–H and O–H groups in total. The average Bonchev–Trinajstić information content (AvgIpc) is 2.92. The Morgan fingerprint density at radius 3 is 3.00 bits per heavy atom. The number of amides is 2. The molecule has 0 bridgehead atoms. The van der Waals surface area contributed by atoms with Gasteiger partial charge in [-0.05, 0) is 37.3 Å². The molecule has 1 aliphatic carbocycles. The summed E-state index contributed by atoms with van der Waals surface area (Å²) in [5, 5.41) is 11.7. The van der Waals surface area contributed by atoms with Crippen LogP contribution in [0.4, 0.5) is 5.82 Å². The predicted molar refractivity (Wildman–Crippen MR) is 75.6 cm³/mol. The van der Waals surface area contributed by atoms with Gasteiger partial charge in [0.25, 0.3) is 0 Å². The van der Waals surface area contributed by atoms with Gasteiger partial charge in [0.2, 0.25) is 11.8 Å². The van der Waals surface area contributed by atoms with Crippen LogP contribution in [0.5, 0.6) is 0 Å². The minimum atomic E-state index is -0.457. The van der Waals surface area contributed by atoms with Crippen molar-refractivity contribution in [1.29, 1.82) is 5.26 Å². The number of imide groups is 1. The van der Waals surface area contributed by atoms with E-state index in [9.17, 15) is 14.9 Å². The van der Waals surface area contributed by atoms with E-state index in [1.165, 1.54) is 0 Å². The van der Waals surface area contributed by atoms with Gasteiger partial charge >= 0.3 is 0 Å². The first-order chi connectivity index (χ1) is 10.1. The first kappa shape index (κ1) is 13.6. The van der Waals surface area contributed by atoms with Gasteiger partial charge in [0.15, 0.2) is 0 Å². The fourth-order valence-electron chi connectivity index (χ4n) is 3.06. The van der Waals surface area contributed by atoms with Crippen molar-refractivity contribution in [2.24, 2.45) is 0 Å². The Kier molecular flexibility index (Phi) is 3.34. The second-order valence-corrected chi connectivity index (χ2v) is 5.40. The van der Waals surface area contributed by atoms with Crippen molar-refractivity contribution in [3.63, 3.8) is 0 Å². The SMILES string of the molecule is CCC1C(=O)NC(=O)CN1c1nc2c(cc1C#N)CCC2. The van der Waals surface area contributed by atoms with Crippen LogP contribution in [0.3, 0.4) is 0 Å². The number of nitrogens with zero attached hydrogens (tertiary/aromatic N) is 3. The number of aromatic nitrogens is 1. The normalized spacial score (nSPS) is 21.0.